The molecular formula is C23H32N6O5S. The molecule has 0 unspecified atom stereocenters. The van der Waals surface area contributed by atoms with Gasteiger partial charge in [-0.25, -0.2) is 14.6 Å². The summed E-state index contributed by atoms with van der Waals surface area (Å²) in [5.74, 6) is 1.70. The molecule has 0 aliphatic carbocycles. The van der Waals surface area contributed by atoms with Crippen LogP contribution in [0.4, 0.5) is 5.82 Å². The number of aromatic nitrogens is 4. The molecule has 0 saturated carbocycles. The highest BCUT2D eigenvalue weighted by atomic mass is 32.2. The van der Waals surface area contributed by atoms with Crippen molar-refractivity contribution in [2.45, 2.75) is 30.8 Å². The van der Waals surface area contributed by atoms with Gasteiger partial charge in [-0.05, 0) is 12.1 Å². The van der Waals surface area contributed by atoms with Crippen molar-refractivity contribution in [1.29, 1.82) is 0 Å². The van der Waals surface area contributed by atoms with Crippen LogP contribution in [0, 0.1) is 0 Å². The molecule has 0 fully saturated rings. The summed E-state index contributed by atoms with van der Waals surface area (Å²) in [4.78, 5) is 22.2. The second-order valence-corrected chi connectivity index (χ2v) is 9.26. The summed E-state index contributed by atoms with van der Waals surface area (Å²) in [6, 6.07) is 3.22. The van der Waals surface area contributed by atoms with Gasteiger partial charge in [-0.2, -0.15) is 5.10 Å². The second-order valence-electron chi connectivity index (χ2n) is 7.72. The number of thioether (sulfide) groups is 1. The van der Waals surface area contributed by atoms with E-state index in [9.17, 15) is 4.79 Å². The molecule has 0 atom stereocenters. The molecule has 2 heterocycles. The number of benzene rings is 1. The molecule has 3 aromatic rings. The van der Waals surface area contributed by atoms with Crippen LogP contribution in [0.2, 0.25) is 0 Å². The van der Waals surface area contributed by atoms with Gasteiger partial charge >= 0.3 is 0 Å². The van der Waals surface area contributed by atoms with Crippen molar-refractivity contribution in [3.8, 4) is 17.2 Å². The van der Waals surface area contributed by atoms with Gasteiger partial charge in [0.1, 0.15) is 5.82 Å². The first-order chi connectivity index (χ1) is 16.9. The molecule has 0 saturated heterocycles. The molecule has 0 bridgehead atoms. The maximum atomic E-state index is 12.8. The standard InChI is InChI=1S/C23H32N6O5S/c1-14(2)35-23-27-20(24-8-10-31-3)16-13-26-29(21(16)28-23)9-7-25-22(30)15-11-17(32-4)19(34-6)18(12-15)33-5/h11-14H,7-10H2,1-6H3,(H,25,30)(H,24,27,28). The lowest BCUT2D eigenvalue weighted by atomic mass is 10.1. The van der Waals surface area contributed by atoms with Gasteiger partial charge in [-0.15, -0.1) is 0 Å². The molecule has 11 nitrogen and oxygen atoms in total. The summed E-state index contributed by atoms with van der Waals surface area (Å²) >= 11 is 1.58. The predicted molar refractivity (Wildman–Crippen MR) is 135 cm³/mol. The molecule has 12 heteroatoms. The average Bonchev–Trinajstić information content (AvgIpc) is 3.25. The zero-order chi connectivity index (χ0) is 25.4. The molecule has 3 rings (SSSR count). The van der Waals surface area contributed by atoms with Crippen LogP contribution < -0.4 is 24.8 Å². The number of amides is 1. The lowest BCUT2D eigenvalue weighted by molar-refractivity contribution is 0.0951. The van der Waals surface area contributed by atoms with Crippen molar-refractivity contribution in [3.05, 3.63) is 23.9 Å². The fourth-order valence-electron chi connectivity index (χ4n) is 3.36. The summed E-state index contributed by atoms with van der Waals surface area (Å²) in [5.41, 5.74) is 1.09. The SMILES string of the molecule is COCCNc1nc(SC(C)C)nc2c1cnn2CCNC(=O)c1cc(OC)c(OC)c(OC)c1. The summed E-state index contributed by atoms with van der Waals surface area (Å²) in [6.45, 7) is 6.12. The average molecular weight is 505 g/mol. The summed E-state index contributed by atoms with van der Waals surface area (Å²) in [5, 5.41) is 12.5. The molecular weight excluding hydrogens is 472 g/mol. The number of nitrogens with zero attached hydrogens (tertiary/aromatic N) is 4. The maximum Gasteiger partial charge on any atom is 0.251 e. The van der Waals surface area contributed by atoms with E-state index in [2.05, 4.69) is 34.6 Å². The van der Waals surface area contributed by atoms with E-state index < -0.39 is 0 Å². The van der Waals surface area contributed by atoms with Crippen molar-refractivity contribution in [1.82, 2.24) is 25.1 Å². The third kappa shape index (κ3) is 6.45. The monoisotopic (exact) mass is 504 g/mol. The largest absolute Gasteiger partial charge is 0.493 e. The van der Waals surface area contributed by atoms with Gasteiger partial charge in [0.15, 0.2) is 22.3 Å². The molecule has 35 heavy (non-hydrogen) atoms. The number of hydrogen-bond donors (Lipinski definition) is 2. The van der Waals surface area contributed by atoms with Crippen LogP contribution in [0.25, 0.3) is 11.0 Å². The van der Waals surface area contributed by atoms with Crippen LogP contribution >= 0.6 is 11.8 Å². The van der Waals surface area contributed by atoms with Gasteiger partial charge in [0.25, 0.3) is 5.91 Å². The number of ether oxygens (including phenoxy) is 4. The third-order valence-electron chi connectivity index (χ3n) is 4.95. The highest BCUT2D eigenvalue weighted by Crippen LogP contribution is 2.38. The number of carbonyl (C=O) groups excluding carboxylic acids is 1. The van der Waals surface area contributed by atoms with Crippen LogP contribution in [0.1, 0.15) is 24.2 Å². The Hall–Kier alpha value is -3.25. The van der Waals surface area contributed by atoms with Crippen LogP contribution in [0.5, 0.6) is 17.2 Å². The maximum absolute atomic E-state index is 12.8. The minimum Gasteiger partial charge on any atom is -0.493 e. The normalized spacial score (nSPS) is 11.1. The van der Waals surface area contributed by atoms with E-state index in [1.807, 2.05) is 0 Å². The van der Waals surface area contributed by atoms with E-state index in [-0.39, 0.29) is 5.91 Å². The first-order valence-corrected chi connectivity index (χ1v) is 12.0. The van der Waals surface area contributed by atoms with Crippen molar-refractivity contribution >= 4 is 34.5 Å². The predicted octanol–water partition coefficient (Wildman–Crippen LogP) is 2.84. The number of nitrogens with one attached hydrogen (secondary N) is 2. The van der Waals surface area contributed by atoms with Gasteiger partial charge in [0.2, 0.25) is 5.75 Å². The Balaban J connectivity index is 1.76. The number of methoxy groups -OCH3 is 4. The molecule has 0 aliphatic rings. The van der Waals surface area contributed by atoms with E-state index in [1.54, 1.807) is 41.9 Å². The Labute approximate surface area is 208 Å². The van der Waals surface area contributed by atoms with Crippen LogP contribution in [0.15, 0.2) is 23.5 Å². The fraction of sp³-hybridized carbons (Fsp3) is 0.478. The van der Waals surface area contributed by atoms with Gasteiger partial charge in [-0.1, -0.05) is 25.6 Å². The lowest BCUT2D eigenvalue weighted by Gasteiger charge is -2.14. The lowest BCUT2D eigenvalue weighted by Crippen LogP contribution is -2.27. The number of carbonyl (C=O) groups is 1. The Kier molecular flexibility index (Phi) is 9.38. The summed E-state index contributed by atoms with van der Waals surface area (Å²) in [6.07, 6.45) is 1.73. The van der Waals surface area contributed by atoms with E-state index in [4.69, 9.17) is 23.9 Å². The number of fused-ring (bicyclic) bond motifs is 1. The summed E-state index contributed by atoms with van der Waals surface area (Å²) < 4.78 is 22.9. The highest BCUT2D eigenvalue weighted by Gasteiger charge is 2.18. The van der Waals surface area contributed by atoms with Crippen molar-refractivity contribution in [3.63, 3.8) is 0 Å². The van der Waals surface area contributed by atoms with Gasteiger partial charge in [0.05, 0.1) is 46.1 Å². The number of rotatable bonds is 13. The van der Waals surface area contributed by atoms with Gasteiger partial charge in [-0.3, -0.25) is 4.79 Å². The van der Waals surface area contributed by atoms with Crippen LogP contribution in [-0.2, 0) is 11.3 Å². The minimum absolute atomic E-state index is 0.270. The first kappa shape index (κ1) is 26.4. The van der Waals surface area contributed by atoms with Crippen molar-refractivity contribution < 1.29 is 23.7 Å². The zero-order valence-electron chi connectivity index (χ0n) is 20.9. The number of anilines is 1. The van der Waals surface area contributed by atoms with Crippen LogP contribution in [0.3, 0.4) is 0 Å². The Morgan fingerprint density at radius 1 is 1.06 bits per heavy atom. The zero-order valence-corrected chi connectivity index (χ0v) is 21.7. The Morgan fingerprint density at radius 3 is 2.37 bits per heavy atom. The van der Waals surface area contributed by atoms with Crippen molar-refractivity contribution in [2.24, 2.45) is 0 Å². The molecule has 0 radical (unpaired) electrons. The van der Waals surface area contributed by atoms with E-state index >= 15 is 0 Å². The van der Waals surface area contributed by atoms with Crippen LogP contribution in [-0.4, -0.2) is 79.0 Å². The Bertz CT molecular complexity index is 1130. The molecule has 2 aromatic heterocycles. The molecule has 1 amide bonds. The molecule has 0 aliphatic heterocycles. The topological polar surface area (TPSA) is 122 Å². The smallest absolute Gasteiger partial charge is 0.251 e. The minimum atomic E-state index is -0.270. The molecule has 1 aromatic carbocycles. The fourth-order valence-corrected chi connectivity index (χ4v) is 4.06. The van der Waals surface area contributed by atoms with Crippen molar-refractivity contribution in [2.75, 3.05) is 53.5 Å². The first-order valence-electron chi connectivity index (χ1n) is 11.1. The van der Waals surface area contributed by atoms with Gasteiger partial charge < -0.3 is 29.6 Å². The number of hydrogen-bond acceptors (Lipinski definition) is 10. The molecule has 2 N–H and O–H groups in total. The third-order valence-corrected chi connectivity index (χ3v) is 5.82. The van der Waals surface area contributed by atoms with E-state index in [0.29, 0.717) is 70.9 Å². The highest BCUT2D eigenvalue weighted by molar-refractivity contribution is 7.99. The Morgan fingerprint density at radius 2 is 1.77 bits per heavy atom. The van der Waals surface area contributed by atoms with E-state index in [0.717, 1.165) is 5.39 Å². The summed E-state index contributed by atoms with van der Waals surface area (Å²) in [7, 11) is 6.19. The molecule has 0 spiro atoms. The second kappa shape index (κ2) is 12.5. The molecule has 190 valence electrons. The van der Waals surface area contributed by atoms with Gasteiger partial charge in [0, 0.05) is 31.0 Å². The van der Waals surface area contributed by atoms with E-state index in [1.165, 1.54) is 21.3 Å². The quantitative estimate of drug-likeness (QED) is 0.204.